The fraction of sp³-hybridized carbons (Fsp3) is 0.394. The minimum atomic E-state index is -0.0515. The van der Waals surface area contributed by atoms with Crippen molar-refractivity contribution in [3.8, 4) is 11.8 Å². The van der Waals surface area contributed by atoms with Crippen molar-refractivity contribution in [3.63, 3.8) is 0 Å². The van der Waals surface area contributed by atoms with Crippen LogP contribution in [0, 0.1) is 23.6 Å². The molecule has 0 atom stereocenters. The van der Waals surface area contributed by atoms with Gasteiger partial charge in [0.15, 0.2) is 0 Å². The molecule has 0 amide bonds. The van der Waals surface area contributed by atoms with Crippen LogP contribution < -0.4 is 0 Å². The third kappa shape index (κ3) is 6.18. The summed E-state index contributed by atoms with van der Waals surface area (Å²) in [6.07, 6.45) is 14.1. The molecule has 0 bridgehead atoms. The van der Waals surface area contributed by atoms with Crippen molar-refractivity contribution in [3.05, 3.63) is 95.3 Å². The van der Waals surface area contributed by atoms with Crippen molar-refractivity contribution in [2.45, 2.75) is 77.0 Å². The monoisotopic (exact) mass is 452 g/mol. The molecule has 0 aromatic heterocycles. The highest BCUT2D eigenvalue weighted by Crippen LogP contribution is 2.38. The second kappa shape index (κ2) is 12.0. The molecule has 0 N–H and O–H groups in total. The summed E-state index contributed by atoms with van der Waals surface area (Å²) in [5, 5.41) is 1.63. The van der Waals surface area contributed by atoms with E-state index in [0.29, 0.717) is 17.2 Å². The number of unbranched alkanes of at least 4 members (excludes halogenated alkanes) is 4. The molecule has 1 fully saturated rings. The maximum Gasteiger partial charge on any atom is 0.134 e. The number of hydrogen-bond acceptors (Lipinski definition) is 0. The van der Waals surface area contributed by atoms with Crippen LogP contribution in [-0.2, 0) is 6.42 Å². The quantitative estimate of drug-likeness (QED) is 0.181. The summed E-state index contributed by atoms with van der Waals surface area (Å²) >= 11 is 0. The van der Waals surface area contributed by atoms with Crippen LogP contribution in [-0.4, -0.2) is 0 Å². The molecule has 0 heterocycles. The molecule has 0 unspecified atom stereocenters. The summed E-state index contributed by atoms with van der Waals surface area (Å²) in [5.74, 6) is 7.40. The Morgan fingerprint density at radius 3 is 2.29 bits per heavy atom. The predicted molar refractivity (Wildman–Crippen MR) is 144 cm³/mol. The second-order valence-electron chi connectivity index (χ2n) is 9.86. The Hall–Kier alpha value is -2.85. The van der Waals surface area contributed by atoms with Gasteiger partial charge in [0.1, 0.15) is 5.82 Å². The van der Waals surface area contributed by atoms with Crippen molar-refractivity contribution in [1.82, 2.24) is 0 Å². The van der Waals surface area contributed by atoms with E-state index in [1.54, 1.807) is 0 Å². The lowest BCUT2D eigenvalue weighted by Gasteiger charge is -2.27. The van der Waals surface area contributed by atoms with E-state index >= 15 is 4.39 Å². The first-order valence-corrected chi connectivity index (χ1v) is 13.1. The zero-order valence-corrected chi connectivity index (χ0v) is 20.6. The van der Waals surface area contributed by atoms with Crippen molar-refractivity contribution in [2.75, 3.05) is 0 Å². The Morgan fingerprint density at radius 2 is 1.56 bits per heavy atom. The van der Waals surface area contributed by atoms with Gasteiger partial charge in [-0.05, 0) is 91.1 Å². The highest BCUT2D eigenvalue weighted by atomic mass is 19.1. The maximum atomic E-state index is 15.3. The molecule has 1 aliphatic carbocycles. The lowest BCUT2D eigenvalue weighted by molar-refractivity contribution is 0.369. The van der Waals surface area contributed by atoms with Crippen molar-refractivity contribution < 1.29 is 4.39 Å². The minimum absolute atomic E-state index is 0.0515. The molecule has 176 valence electrons. The smallest absolute Gasteiger partial charge is 0.134 e. The van der Waals surface area contributed by atoms with E-state index in [1.807, 2.05) is 24.3 Å². The van der Waals surface area contributed by atoms with E-state index in [2.05, 4.69) is 61.8 Å². The van der Waals surface area contributed by atoms with Crippen LogP contribution in [0.15, 0.2) is 67.3 Å². The van der Waals surface area contributed by atoms with Gasteiger partial charge in [-0.25, -0.2) is 4.39 Å². The van der Waals surface area contributed by atoms with Gasteiger partial charge < -0.3 is 0 Å². The summed E-state index contributed by atoms with van der Waals surface area (Å²) < 4.78 is 15.3. The van der Waals surface area contributed by atoms with E-state index in [9.17, 15) is 0 Å². The van der Waals surface area contributed by atoms with Gasteiger partial charge >= 0.3 is 0 Å². The number of allylic oxidation sites excluding steroid dienone is 1. The summed E-state index contributed by atoms with van der Waals surface area (Å²) in [7, 11) is 0. The molecule has 0 nitrogen and oxygen atoms in total. The predicted octanol–water partition coefficient (Wildman–Crippen LogP) is 9.35. The van der Waals surface area contributed by atoms with Crippen LogP contribution in [0.3, 0.4) is 0 Å². The van der Waals surface area contributed by atoms with Crippen LogP contribution in [0.4, 0.5) is 4.39 Å². The second-order valence-corrected chi connectivity index (χ2v) is 9.86. The van der Waals surface area contributed by atoms with Crippen LogP contribution in [0.2, 0.25) is 0 Å². The number of halogens is 1. The zero-order chi connectivity index (χ0) is 23.8. The number of rotatable bonds is 8. The van der Waals surface area contributed by atoms with Crippen molar-refractivity contribution in [1.29, 1.82) is 0 Å². The summed E-state index contributed by atoms with van der Waals surface area (Å²) in [6, 6.07) is 18.5. The summed E-state index contributed by atoms with van der Waals surface area (Å²) in [6.45, 7) is 6.17. The van der Waals surface area contributed by atoms with E-state index < -0.39 is 0 Å². The lowest BCUT2D eigenvalue weighted by atomic mass is 9.78. The SMILES string of the molecule is C=CC1CCC(c2ccc3cc(C#Cc4ccc(CCCCCCC)cc4)ccc3c2F)CC1. The van der Waals surface area contributed by atoms with Gasteiger partial charge in [0.25, 0.3) is 0 Å². The normalized spacial score (nSPS) is 17.8. The molecule has 3 aromatic rings. The topological polar surface area (TPSA) is 0 Å². The number of benzene rings is 3. The van der Waals surface area contributed by atoms with E-state index in [4.69, 9.17) is 0 Å². The Balaban J connectivity index is 1.41. The van der Waals surface area contributed by atoms with E-state index in [-0.39, 0.29) is 5.82 Å². The Kier molecular flexibility index (Phi) is 8.59. The third-order valence-electron chi connectivity index (χ3n) is 7.40. The Morgan fingerprint density at radius 1 is 0.853 bits per heavy atom. The highest BCUT2D eigenvalue weighted by molar-refractivity contribution is 5.85. The largest absolute Gasteiger partial charge is 0.206 e. The van der Waals surface area contributed by atoms with Crippen LogP contribution in [0.1, 0.15) is 92.9 Å². The molecule has 0 saturated heterocycles. The van der Waals surface area contributed by atoms with E-state index in [1.165, 1.54) is 37.7 Å². The zero-order valence-electron chi connectivity index (χ0n) is 20.6. The van der Waals surface area contributed by atoms with Gasteiger partial charge in [0.2, 0.25) is 0 Å². The fourth-order valence-electron chi connectivity index (χ4n) is 5.20. The molecule has 34 heavy (non-hydrogen) atoms. The van der Waals surface area contributed by atoms with Gasteiger partial charge in [0.05, 0.1) is 0 Å². The first kappa shape index (κ1) is 24.3. The van der Waals surface area contributed by atoms with Gasteiger partial charge in [-0.15, -0.1) is 6.58 Å². The third-order valence-corrected chi connectivity index (χ3v) is 7.40. The van der Waals surface area contributed by atoms with Gasteiger partial charge in [-0.3, -0.25) is 0 Å². The van der Waals surface area contributed by atoms with Crippen molar-refractivity contribution >= 4 is 10.8 Å². The average Bonchev–Trinajstić information content (AvgIpc) is 2.88. The standard InChI is InChI=1S/C33H37F/c1-3-5-6-7-8-9-26-10-12-27(13-11-26)14-15-28-18-22-32-30(24-28)21-23-31(33(32)34)29-19-16-25(4-2)17-20-29/h4,10-13,18,21-25,29H,2-3,5-9,16-17,19-20H2,1H3. The lowest BCUT2D eigenvalue weighted by Crippen LogP contribution is -2.12. The summed E-state index contributed by atoms with van der Waals surface area (Å²) in [5.41, 5.74) is 4.20. The van der Waals surface area contributed by atoms with Crippen LogP contribution in [0.25, 0.3) is 10.8 Å². The number of hydrogen-bond donors (Lipinski definition) is 0. The molecule has 1 aliphatic rings. The van der Waals surface area contributed by atoms with Gasteiger partial charge in [-0.2, -0.15) is 0 Å². The highest BCUT2D eigenvalue weighted by Gasteiger charge is 2.23. The van der Waals surface area contributed by atoms with Crippen LogP contribution >= 0.6 is 0 Å². The number of fused-ring (bicyclic) bond motifs is 1. The molecule has 0 spiro atoms. The maximum absolute atomic E-state index is 15.3. The molecule has 1 heteroatoms. The molecule has 1 saturated carbocycles. The first-order chi connectivity index (χ1) is 16.7. The van der Waals surface area contributed by atoms with Crippen LogP contribution in [0.5, 0.6) is 0 Å². The molecule has 4 rings (SSSR count). The molecule has 0 radical (unpaired) electrons. The minimum Gasteiger partial charge on any atom is -0.206 e. The Labute approximate surface area is 205 Å². The van der Waals surface area contributed by atoms with E-state index in [0.717, 1.165) is 54.2 Å². The van der Waals surface area contributed by atoms with Crippen molar-refractivity contribution in [2.24, 2.45) is 5.92 Å². The summed E-state index contributed by atoms with van der Waals surface area (Å²) in [4.78, 5) is 0. The number of aryl methyl sites for hydroxylation is 1. The Bertz CT molecular complexity index is 1150. The fourth-order valence-corrected chi connectivity index (χ4v) is 5.20. The average molecular weight is 453 g/mol. The molecule has 0 aliphatic heterocycles. The molecule has 3 aromatic carbocycles. The molecular weight excluding hydrogens is 415 g/mol. The van der Waals surface area contributed by atoms with Gasteiger partial charge in [-0.1, -0.05) is 80.9 Å². The van der Waals surface area contributed by atoms with Gasteiger partial charge in [0, 0.05) is 16.5 Å². The molecular formula is C33H37F. The first-order valence-electron chi connectivity index (χ1n) is 13.1.